The summed E-state index contributed by atoms with van der Waals surface area (Å²) in [5.41, 5.74) is -0.318. The molecule has 0 saturated heterocycles. The van der Waals surface area contributed by atoms with Gasteiger partial charge in [-0.05, 0) is 30.3 Å². The molecule has 0 aliphatic carbocycles. The molecule has 3 nitrogen and oxygen atoms in total. The van der Waals surface area contributed by atoms with Crippen molar-refractivity contribution in [3.05, 3.63) is 51.1 Å². The van der Waals surface area contributed by atoms with Crippen molar-refractivity contribution >= 4 is 39.0 Å². The van der Waals surface area contributed by atoms with Gasteiger partial charge in [0, 0.05) is 4.47 Å². The smallest absolute Gasteiger partial charge is 0.339 e. The van der Waals surface area contributed by atoms with Crippen molar-refractivity contribution in [2.45, 2.75) is 6.18 Å². The average Bonchev–Trinajstić information content (AvgIpc) is 2.37. The van der Waals surface area contributed by atoms with Crippen molar-refractivity contribution in [3.8, 4) is 6.07 Å². The molecule has 1 heterocycles. The molecule has 0 radical (unpaired) electrons. The number of nitriles is 1. The second-order valence-electron chi connectivity index (χ2n) is 3.99. The molecule has 0 unspecified atom stereocenters. The molecule has 1 aromatic carbocycles. The van der Waals surface area contributed by atoms with Crippen LogP contribution in [0.5, 0.6) is 0 Å². The Morgan fingerprint density at radius 2 is 1.95 bits per heavy atom. The Balaban J connectivity index is 2.43. The van der Waals surface area contributed by atoms with Gasteiger partial charge in [-0.3, -0.25) is 0 Å². The number of pyridine rings is 1. The van der Waals surface area contributed by atoms with Gasteiger partial charge >= 0.3 is 6.18 Å². The second-order valence-corrected chi connectivity index (χ2v) is 5.29. The number of hydrogen-bond acceptors (Lipinski definition) is 3. The van der Waals surface area contributed by atoms with Gasteiger partial charge in [0.15, 0.2) is 0 Å². The standard InChI is InChI=1S/C13H6BrClF3N3/c14-9-2-1-7(6-19)10(5-9)20-12-4-8(13(16,17)18)3-11(15)21-12/h1-5H,(H,20,21). The zero-order chi connectivity index (χ0) is 15.6. The second kappa shape index (κ2) is 5.92. The normalized spacial score (nSPS) is 11.0. The van der Waals surface area contributed by atoms with Crippen LogP contribution in [-0.4, -0.2) is 4.98 Å². The van der Waals surface area contributed by atoms with E-state index in [0.717, 1.165) is 12.1 Å². The first-order chi connectivity index (χ1) is 9.79. The van der Waals surface area contributed by atoms with Crippen LogP contribution in [0.2, 0.25) is 5.15 Å². The van der Waals surface area contributed by atoms with Crippen LogP contribution < -0.4 is 5.32 Å². The highest BCUT2D eigenvalue weighted by molar-refractivity contribution is 9.10. The summed E-state index contributed by atoms with van der Waals surface area (Å²) >= 11 is 8.83. The van der Waals surface area contributed by atoms with E-state index in [2.05, 4.69) is 26.2 Å². The lowest BCUT2D eigenvalue weighted by Crippen LogP contribution is -2.07. The van der Waals surface area contributed by atoms with E-state index >= 15 is 0 Å². The number of halogens is 5. The van der Waals surface area contributed by atoms with Crippen LogP contribution in [0.1, 0.15) is 11.1 Å². The Labute approximate surface area is 131 Å². The Kier molecular flexibility index (Phi) is 4.40. The number of benzene rings is 1. The summed E-state index contributed by atoms with van der Waals surface area (Å²) < 4.78 is 38.8. The number of rotatable bonds is 2. The first-order valence-electron chi connectivity index (χ1n) is 5.51. The highest BCUT2D eigenvalue weighted by Gasteiger charge is 2.31. The van der Waals surface area contributed by atoms with Crippen molar-refractivity contribution in [1.29, 1.82) is 5.26 Å². The van der Waals surface area contributed by atoms with E-state index < -0.39 is 11.7 Å². The van der Waals surface area contributed by atoms with Gasteiger partial charge in [0.1, 0.15) is 17.0 Å². The maximum Gasteiger partial charge on any atom is 0.416 e. The van der Waals surface area contributed by atoms with Gasteiger partial charge in [0.2, 0.25) is 0 Å². The molecule has 8 heteroatoms. The molecule has 2 aromatic rings. The van der Waals surface area contributed by atoms with Crippen LogP contribution in [0.25, 0.3) is 0 Å². The molecule has 2 rings (SSSR count). The van der Waals surface area contributed by atoms with Crippen LogP contribution in [0, 0.1) is 11.3 Å². The molecule has 21 heavy (non-hydrogen) atoms. The quantitative estimate of drug-likeness (QED) is 0.739. The molecule has 108 valence electrons. The summed E-state index contributed by atoms with van der Waals surface area (Å²) in [6.45, 7) is 0. The van der Waals surface area contributed by atoms with Crippen LogP contribution in [0.3, 0.4) is 0 Å². The summed E-state index contributed by atoms with van der Waals surface area (Å²) in [6, 6.07) is 8.24. The SMILES string of the molecule is N#Cc1ccc(Br)cc1Nc1cc(C(F)(F)F)cc(Cl)n1. The first kappa shape index (κ1) is 15.6. The minimum atomic E-state index is -4.53. The van der Waals surface area contributed by atoms with E-state index in [-0.39, 0.29) is 16.5 Å². The summed E-state index contributed by atoms with van der Waals surface area (Å²) in [7, 11) is 0. The minimum Gasteiger partial charge on any atom is -0.339 e. The summed E-state index contributed by atoms with van der Waals surface area (Å²) in [4.78, 5) is 3.78. The third-order valence-corrected chi connectivity index (χ3v) is 3.17. The lowest BCUT2D eigenvalue weighted by atomic mass is 10.2. The van der Waals surface area contributed by atoms with Gasteiger partial charge in [-0.1, -0.05) is 27.5 Å². The topological polar surface area (TPSA) is 48.7 Å². The fourth-order valence-corrected chi connectivity index (χ4v) is 2.15. The highest BCUT2D eigenvalue weighted by Crippen LogP contribution is 2.33. The lowest BCUT2D eigenvalue weighted by Gasteiger charge is -2.12. The summed E-state index contributed by atoms with van der Waals surface area (Å²) in [6.07, 6.45) is -4.53. The van der Waals surface area contributed by atoms with Crippen molar-refractivity contribution in [2.24, 2.45) is 0 Å². The largest absolute Gasteiger partial charge is 0.416 e. The fourth-order valence-electron chi connectivity index (χ4n) is 1.58. The van der Waals surface area contributed by atoms with Gasteiger partial charge in [-0.15, -0.1) is 0 Å². The molecule has 0 amide bonds. The van der Waals surface area contributed by atoms with E-state index in [1.807, 2.05) is 6.07 Å². The molecule has 0 spiro atoms. The van der Waals surface area contributed by atoms with Gasteiger partial charge in [-0.2, -0.15) is 18.4 Å². The Bertz CT molecular complexity index is 726. The van der Waals surface area contributed by atoms with Gasteiger partial charge < -0.3 is 5.32 Å². The Morgan fingerprint density at radius 3 is 2.57 bits per heavy atom. The molecule has 1 N–H and O–H groups in total. The first-order valence-corrected chi connectivity index (χ1v) is 6.68. The molecule has 0 bridgehead atoms. The molecule has 0 atom stereocenters. The molecule has 1 aromatic heterocycles. The maximum atomic E-state index is 12.7. The lowest BCUT2D eigenvalue weighted by molar-refractivity contribution is -0.137. The van der Waals surface area contributed by atoms with Crippen molar-refractivity contribution in [3.63, 3.8) is 0 Å². The summed E-state index contributed by atoms with van der Waals surface area (Å²) in [5.74, 6) is -0.0931. The van der Waals surface area contributed by atoms with Crippen molar-refractivity contribution in [2.75, 3.05) is 5.32 Å². The zero-order valence-electron chi connectivity index (χ0n) is 10.2. The van der Waals surface area contributed by atoms with Crippen molar-refractivity contribution < 1.29 is 13.2 Å². The van der Waals surface area contributed by atoms with E-state index in [0.29, 0.717) is 10.2 Å². The van der Waals surface area contributed by atoms with E-state index in [1.165, 1.54) is 6.07 Å². The maximum absolute atomic E-state index is 12.7. The average molecular weight is 377 g/mol. The third-order valence-electron chi connectivity index (χ3n) is 2.49. The molecular weight excluding hydrogens is 371 g/mol. The monoisotopic (exact) mass is 375 g/mol. The Hall–Kier alpha value is -1.78. The van der Waals surface area contributed by atoms with Crippen LogP contribution in [0.15, 0.2) is 34.8 Å². The van der Waals surface area contributed by atoms with Crippen molar-refractivity contribution in [1.82, 2.24) is 4.98 Å². The number of alkyl halides is 3. The summed E-state index contributed by atoms with van der Waals surface area (Å²) in [5, 5.41) is 11.4. The Morgan fingerprint density at radius 1 is 1.24 bits per heavy atom. The van der Waals surface area contributed by atoms with E-state index in [1.54, 1.807) is 12.1 Å². The molecule has 0 saturated carbocycles. The molecular formula is C13H6BrClF3N3. The number of nitrogens with zero attached hydrogens (tertiary/aromatic N) is 2. The predicted octanol–water partition coefficient (Wildman–Crippen LogP) is 5.13. The van der Waals surface area contributed by atoms with Gasteiger partial charge in [0.05, 0.1) is 16.8 Å². The van der Waals surface area contributed by atoms with Gasteiger partial charge in [0.25, 0.3) is 0 Å². The predicted molar refractivity (Wildman–Crippen MR) is 76.4 cm³/mol. The van der Waals surface area contributed by atoms with Crippen LogP contribution in [0.4, 0.5) is 24.7 Å². The number of nitrogens with one attached hydrogen (secondary N) is 1. The van der Waals surface area contributed by atoms with Crippen LogP contribution in [-0.2, 0) is 6.18 Å². The molecule has 0 aliphatic heterocycles. The van der Waals surface area contributed by atoms with E-state index in [9.17, 15) is 13.2 Å². The highest BCUT2D eigenvalue weighted by atomic mass is 79.9. The molecule has 0 aliphatic rings. The number of hydrogen-bond donors (Lipinski definition) is 1. The van der Waals surface area contributed by atoms with Gasteiger partial charge in [-0.25, -0.2) is 4.98 Å². The van der Waals surface area contributed by atoms with E-state index in [4.69, 9.17) is 16.9 Å². The third kappa shape index (κ3) is 3.86. The van der Waals surface area contributed by atoms with Crippen LogP contribution >= 0.6 is 27.5 Å². The fraction of sp³-hybridized carbons (Fsp3) is 0.0769. The number of aromatic nitrogens is 1. The molecule has 0 fully saturated rings. The zero-order valence-corrected chi connectivity index (χ0v) is 12.5. The minimum absolute atomic E-state index is 0.0931. The number of anilines is 2.